The van der Waals surface area contributed by atoms with E-state index in [0.717, 1.165) is 19.4 Å². The molecule has 1 aliphatic rings. The highest BCUT2D eigenvalue weighted by atomic mass is 32.1. The zero-order valence-electron chi connectivity index (χ0n) is 11.0. The van der Waals surface area contributed by atoms with Gasteiger partial charge in [-0.05, 0) is 29.9 Å². The molecule has 0 aliphatic carbocycles. The van der Waals surface area contributed by atoms with E-state index in [1.165, 1.54) is 16.7 Å². The van der Waals surface area contributed by atoms with Crippen molar-refractivity contribution in [1.29, 1.82) is 0 Å². The molecule has 5 heteroatoms. The molecule has 2 aromatic rings. The van der Waals surface area contributed by atoms with E-state index in [4.69, 9.17) is 4.42 Å². The summed E-state index contributed by atoms with van der Waals surface area (Å²) in [5.41, 5.74) is 1.71. The standard InChI is InChI=1S/C14H16N2O2S/c1-3-12-10-5-7-19-13(10)4-6-16(12)14(17)11-8-18-9(2)15-11/h5,7-8,12H,3-4,6H2,1-2H3. The number of carbonyl (C=O) groups is 1. The molecule has 3 heterocycles. The lowest BCUT2D eigenvalue weighted by molar-refractivity contribution is 0.0651. The minimum Gasteiger partial charge on any atom is -0.448 e. The Kier molecular flexibility index (Phi) is 3.14. The van der Waals surface area contributed by atoms with Crippen LogP contribution in [-0.4, -0.2) is 22.3 Å². The third-order valence-electron chi connectivity index (χ3n) is 3.58. The predicted octanol–water partition coefficient (Wildman–Crippen LogP) is 3.19. The molecule has 1 amide bonds. The Hall–Kier alpha value is -1.62. The molecule has 19 heavy (non-hydrogen) atoms. The number of fused-ring (bicyclic) bond motifs is 1. The van der Waals surface area contributed by atoms with Crippen molar-refractivity contribution in [2.24, 2.45) is 0 Å². The predicted molar refractivity (Wildman–Crippen MR) is 73.3 cm³/mol. The van der Waals surface area contributed by atoms with Gasteiger partial charge < -0.3 is 9.32 Å². The van der Waals surface area contributed by atoms with E-state index in [-0.39, 0.29) is 11.9 Å². The van der Waals surface area contributed by atoms with Crippen LogP contribution in [0.3, 0.4) is 0 Å². The monoisotopic (exact) mass is 276 g/mol. The zero-order chi connectivity index (χ0) is 13.4. The summed E-state index contributed by atoms with van der Waals surface area (Å²) in [7, 11) is 0. The lowest BCUT2D eigenvalue weighted by atomic mass is 9.97. The van der Waals surface area contributed by atoms with Crippen molar-refractivity contribution < 1.29 is 9.21 Å². The van der Waals surface area contributed by atoms with Crippen LogP contribution in [0.15, 0.2) is 22.1 Å². The summed E-state index contributed by atoms with van der Waals surface area (Å²) in [5.74, 6) is 0.505. The number of nitrogens with zero attached hydrogens (tertiary/aromatic N) is 2. The minimum absolute atomic E-state index is 0.0273. The SMILES string of the molecule is CCC1c2ccsc2CCN1C(=O)c1coc(C)n1. The quantitative estimate of drug-likeness (QED) is 0.846. The van der Waals surface area contributed by atoms with E-state index in [9.17, 15) is 4.79 Å². The largest absolute Gasteiger partial charge is 0.448 e. The molecule has 2 aromatic heterocycles. The van der Waals surface area contributed by atoms with E-state index < -0.39 is 0 Å². The smallest absolute Gasteiger partial charge is 0.276 e. The highest BCUT2D eigenvalue weighted by molar-refractivity contribution is 7.10. The van der Waals surface area contributed by atoms with E-state index in [2.05, 4.69) is 23.4 Å². The van der Waals surface area contributed by atoms with Crippen molar-refractivity contribution in [2.75, 3.05) is 6.54 Å². The first-order valence-corrected chi connectivity index (χ1v) is 7.38. The number of carbonyl (C=O) groups excluding carboxylic acids is 1. The van der Waals surface area contributed by atoms with Crippen molar-refractivity contribution >= 4 is 17.2 Å². The van der Waals surface area contributed by atoms with Crippen molar-refractivity contribution in [3.05, 3.63) is 39.7 Å². The minimum atomic E-state index is -0.0273. The van der Waals surface area contributed by atoms with Crippen molar-refractivity contribution in [2.45, 2.75) is 32.7 Å². The molecule has 4 nitrogen and oxygen atoms in total. The number of thiophene rings is 1. The second kappa shape index (κ2) is 4.81. The summed E-state index contributed by atoms with van der Waals surface area (Å²) in [5, 5.41) is 2.11. The average Bonchev–Trinajstić information content (AvgIpc) is 3.04. The third-order valence-corrected chi connectivity index (χ3v) is 4.58. The summed E-state index contributed by atoms with van der Waals surface area (Å²) in [6.45, 7) is 4.63. The first-order chi connectivity index (χ1) is 9.20. The number of amides is 1. The Morgan fingerprint density at radius 3 is 3.16 bits per heavy atom. The number of aromatic nitrogens is 1. The van der Waals surface area contributed by atoms with Crippen LogP contribution in [-0.2, 0) is 6.42 Å². The normalized spacial score (nSPS) is 18.4. The zero-order valence-corrected chi connectivity index (χ0v) is 11.9. The highest BCUT2D eigenvalue weighted by Gasteiger charge is 2.31. The molecule has 0 N–H and O–H groups in total. The van der Waals surface area contributed by atoms with Crippen molar-refractivity contribution in [3.63, 3.8) is 0 Å². The van der Waals surface area contributed by atoms with Crippen molar-refractivity contribution in [1.82, 2.24) is 9.88 Å². The maximum absolute atomic E-state index is 12.5. The second-order valence-electron chi connectivity index (χ2n) is 4.72. The molecule has 0 bridgehead atoms. The molecule has 1 unspecified atom stereocenters. The summed E-state index contributed by atoms with van der Waals surface area (Å²) in [4.78, 5) is 20.0. The van der Waals surface area contributed by atoms with Crippen LogP contribution in [0.25, 0.3) is 0 Å². The molecular weight excluding hydrogens is 260 g/mol. The fourth-order valence-corrected chi connectivity index (χ4v) is 3.62. The van der Waals surface area contributed by atoms with Crippen molar-refractivity contribution in [3.8, 4) is 0 Å². The maximum Gasteiger partial charge on any atom is 0.276 e. The topological polar surface area (TPSA) is 46.3 Å². The molecular formula is C14H16N2O2S. The van der Waals surface area contributed by atoms with Gasteiger partial charge in [-0.3, -0.25) is 4.79 Å². The van der Waals surface area contributed by atoms with Crippen LogP contribution < -0.4 is 0 Å². The molecule has 3 rings (SSSR count). The van der Waals surface area contributed by atoms with E-state index in [1.807, 2.05) is 4.90 Å². The Morgan fingerprint density at radius 1 is 1.63 bits per heavy atom. The van der Waals surface area contributed by atoms with Gasteiger partial charge in [0.15, 0.2) is 11.6 Å². The lowest BCUT2D eigenvalue weighted by Crippen LogP contribution is -2.39. The highest BCUT2D eigenvalue weighted by Crippen LogP contribution is 2.35. The number of oxazole rings is 1. The van der Waals surface area contributed by atoms with E-state index in [0.29, 0.717) is 11.6 Å². The molecule has 1 atom stereocenters. The fourth-order valence-electron chi connectivity index (χ4n) is 2.69. The van der Waals surface area contributed by atoms with Crippen LogP contribution in [0.1, 0.15) is 46.2 Å². The molecule has 0 aromatic carbocycles. The number of aryl methyl sites for hydroxylation is 1. The summed E-state index contributed by atoms with van der Waals surface area (Å²) in [6, 6.07) is 2.31. The van der Waals surface area contributed by atoms with Crippen LogP contribution >= 0.6 is 11.3 Å². The molecule has 100 valence electrons. The first kappa shape index (κ1) is 12.4. The van der Waals surface area contributed by atoms with Crippen LogP contribution in [0.5, 0.6) is 0 Å². The summed E-state index contributed by atoms with van der Waals surface area (Å²) >= 11 is 1.79. The van der Waals surface area contributed by atoms with Gasteiger partial charge in [-0.25, -0.2) is 4.98 Å². The number of hydrogen-bond acceptors (Lipinski definition) is 4. The number of hydrogen-bond donors (Lipinski definition) is 0. The molecule has 1 aliphatic heterocycles. The first-order valence-electron chi connectivity index (χ1n) is 6.50. The van der Waals surface area contributed by atoms with Gasteiger partial charge in [0.25, 0.3) is 5.91 Å². The second-order valence-corrected chi connectivity index (χ2v) is 5.72. The van der Waals surface area contributed by atoms with Gasteiger partial charge >= 0.3 is 0 Å². The Bertz CT molecular complexity index is 602. The van der Waals surface area contributed by atoms with Gasteiger partial charge in [-0.15, -0.1) is 11.3 Å². The molecule has 0 spiro atoms. The Morgan fingerprint density at radius 2 is 2.47 bits per heavy atom. The molecule has 0 radical (unpaired) electrons. The third kappa shape index (κ3) is 2.08. The molecule has 0 saturated carbocycles. The molecule has 0 fully saturated rings. The summed E-state index contributed by atoms with van der Waals surface area (Å²) < 4.78 is 5.14. The van der Waals surface area contributed by atoms with Crippen LogP contribution in [0, 0.1) is 6.92 Å². The average molecular weight is 276 g/mol. The van der Waals surface area contributed by atoms with Gasteiger partial charge in [0.2, 0.25) is 0 Å². The van der Waals surface area contributed by atoms with Gasteiger partial charge in [-0.2, -0.15) is 0 Å². The maximum atomic E-state index is 12.5. The lowest BCUT2D eigenvalue weighted by Gasteiger charge is -2.34. The van der Waals surface area contributed by atoms with Gasteiger partial charge in [-0.1, -0.05) is 6.92 Å². The van der Waals surface area contributed by atoms with Gasteiger partial charge in [0, 0.05) is 18.3 Å². The molecule has 0 saturated heterocycles. The van der Waals surface area contributed by atoms with E-state index >= 15 is 0 Å². The Labute approximate surface area is 116 Å². The Balaban J connectivity index is 1.91. The van der Waals surface area contributed by atoms with E-state index in [1.54, 1.807) is 18.3 Å². The van der Waals surface area contributed by atoms with Gasteiger partial charge in [0.05, 0.1) is 6.04 Å². The summed E-state index contributed by atoms with van der Waals surface area (Å²) in [6.07, 6.45) is 3.31. The number of rotatable bonds is 2. The fraction of sp³-hybridized carbons (Fsp3) is 0.429. The van der Waals surface area contributed by atoms with Crippen LogP contribution in [0.4, 0.5) is 0 Å². The van der Waals surface area contributed by atoms with Crippen LogP contribution in [0.2, 0.25) is 0 Å². The van der Waals surface area contributed by atoms with Gasteiger partial charge in [0.1, 0.15) is 6.26 Å².